The molecule has 0 spiro atoms. The van der Waals surface area contributed by atoms with Crippen LogP contribution < -0.4 is 11.5 Å². The van der Waals surface area contributed by atoms with Gasteiger partial charge in [-0.15, -0.1) is 10.2 Å². The highest BCUT2D eigenvalue weighted by Crippen LogP contribution is 2.43. The molecule has 0 aliphatic rings. The molecule has 2 aromatic rings. The highest BCUT2D eigenvalue weighted by Gasteiger charge is 2.29. The van der Waals surface area contributed by atoms with Crippen molar-refractivity contribution in [3.63, 3.8) is 0 Å². The molecule has 2 rings (SSSR count). The van der Waals surface area contributed by atoms with Gasteiger partial charge in [-0.05, 0) is 41.0 Å². The summed E-state index contributed by atoms with van der Waals surface area (Å²) in [6.07, 6.45) is 0.942. The van der Waals surface area contributed by atoms with Crippen molar-refractivity contribution in [3.05, 3.63) is 42.0 Å². The first-order valence-electron chi connectivity index (χ1n) is 8.39. The second-order valence-electron chi connectivity index (χ2n) is 8.31. The van der Waals surface area contributed by atoms with E-state index in [-0.39, 0.29) is 16.6 Å². The van der Waals surface area contributed by atoms with Crippen LogP contribution >= 0.6 is 0 Å². The van der Waals surface area contributed by atoms with Crippen LogP contribution in [0.15, 0.2) is 46.6 Å². The predicted molar refractivity (Wildman–Crippen MR) is 105 cm³/mol. The molecule has 5 heteroatoms. The first kappa shape index (κ1) is 18.8. The summed E-state index contributed by atoms with van der Waals surface area (Å²) >= 11 is 0. The van der Waals surface area contributed by atoms with Crippen LogP contribution in [0.1, 0.15) is 46.6 Å². The Hall–Kier alpha value is -2.56. The number of hydrogen-bond acceptors (Lipinski definition) is 5. The Bertz CT molecular complexity index is 789. The van der Waals surface area contributed by atoms with Crippen molar-refractivity contribution < 1.29 is 5.11 Å². The molecule has 0 bridgehead atoms. The fourth-order valence-corrected chi connectivity index (χ4v) is 3.37. The molecule has 0 amide bonds. The highest BCUT2D eigenvalue weighted by molar-refractivity contribution is 5.66. The van der Waals surface area contributed by atoms with Crippen LogP contribution in [0.4, 0.5) is 22.7 Å². The number of aromatic hydroxyl groups is 1. The van der Waals surface area contributed by atoms with Crippen LogP contribution in [-0.4, -0.2) is 5.11 Å². The summed E-state index contributed by atoms with van der Waals surface area (Å²) in [6, 6.07) is 10.6. The molecule has 0 saturated carbocycles. The van der Waals surface area contributed by atoms with Crippen LogP contribution in [0, 0.1) is 5.41 Å². The first-order valence-corrected chi connectivity index (χ1v) is 8.39. The minimum absolute atomic E-state index is 0.00561. The van der Waals surface area contributed by atoms with E-state index in [2.05, 4.69) is 44.8 Å². The van der Waals surface area contributed by atoms with Crippen molar-refractivity contribution in [1.29, 1.82) is 0 Å². The van der Waals surface area contributed by atoms with Gasteiger partial charge >= 0.3 is 0 Å². The first-order chi connectivity index (χ1) is 11.5. The molecule has 0 fully saturated rings. The summed E-state index contributed by atoms with van der Waals surface area (Å²) in [6.45, 7) is 10.9. The van der Waals surface area contributed by atoms with Gasteiger partial charge in [0.15, 0.2) is 0 Å². The van der Waals surface area contributed by atoms with Gasteiger partial charge in [0.05, 0.1) is 5.69 Å². The van der Waals surface area contributed by atoms with Gasteiger partial charge in [0.25, 0.3) is 0 Å². The van der Waals surface area contributed by atoms with E-state index < -0.39 is 0 Å². The third kappa shape index (κ3) is 4.72. The lowest BCUT2D eigenvalue weighted by molar-refractivity contribution is 0.284. The zero-order chi connectivity index (χ0) is 18.8. The van der Waals surface area contributed by atoms with Crippen molar-refractivity contribution >= 4 is 22.7 Å². The van der Waals surface area contributed by atoms with Gasteiger partial charge in [0.1, 0.15) is 17.1 Å². The number of nitrogen functional groups attached to an aromatic ring is 2. The van der Waals surface area contributed by atoms with Crippen LogP contribution in [0.25, 0.3) is 0 Å². The topological polar surface area (TPSA) is 97.0 Å². The van der Waals surface area contributed by atoms with Gasteiger partial charge in [-0.1, -0.05) is 46.8 Å². The third-order valence-electron chi connectivity index (χ3n) is 4.05. The van der Waals surface area contributed by atoms with Gasteiger partial charge < -0.3 is 16.6 Å². The Labute approximate surface area is 149 Å². The average molecular weight is 340 g/mol. The molecule has 0 saturated heterocycles. The Balaban J connectivity index is 2.43. The van der Waals surface area contributed by atoms with E-state index in [0.717, 1.165) is 12.0 Å². The molecule has 0 atom stereocenters. The minimum atomic E-state index is -0.161. The molecule has 25 heavy (non-hydrogen) atoms. The van der Waals surface area contributed by atoms with Crippen LogP contribution in [0.5, 0.6) is 5.75 Å². The fraction of sp³-hybridized carbons (Fsp3) is 0.400. The molecule has 0 heterocycles. The smallest absolute Gasteiger partial charge is 0.145 e. The molecular formula is C20H28N4O. The zero-order valence-corrected chi connectivity index (χ0v) is 15.7. The summed E-state index contributed by atoms with van der Waals surface area (Å²) < 4.78 is 0. The molecule has 0 aliphatic carbocycles. The molecule has 5 N–H and O–H groups in total. The predicted octanol–water partition coefficient (Wildman–Crippen LogP) is 5.69. The Morgan fingerprint density at radius 1 is 0.880 bits per heavy atom. The van der Waals surface area contributed by atoms with E-state index in [1.54, 1.807) is 18.2 Å². The van der Waals surface area contributed by atoms with Crippen molar-refractivity contribution in [1.82, 2.24) is 0 Å². The van der Waals surface area contributed by atoms with E-state index in [4.69, 9.17) is 11.5 Å². The lowest BCUT2D eigenvalue weighted by atomic mass is 9.72. The van der Waals surface area contributed by atoms with Crippen molar-refractivity contribution in [2.24, 2.45) is 15.6 Å². The van der Waals surface area contributed by atoms with Crippen molar-refractivity contribution in [2.75, 3.05) is 11.5 Å². The SMILES string of the molecule is CC(C)(C)CC(C)(C)c1cc(N=Nc2ccccc2N)c(O)cc1N. The maximum atomic E-state index is 10.2. The normalized spacial score (nSPS) is 12.7. The number of hydrogen-bond donors (Lipinski definition) is 3. The number of para-hydroxylation sites is 1. The molecule has 2 aromatic carbocycles. The minimum Gasteiger partial charge on any atom is -0.506 e. The molecule has 0 radical (unpaired) electrons. The van der Waals surface area contributed by atoms with Gasteiger partial charge in [-0.3, -0.25) is 0 Å². The number of benzene rings is 2. The number of nitrogens with two attached hydrogens (primary N) is 2. The molecular weight excluding hydrogens is 312 g/mol. The zero-order valence-electron chi connectivity index (χ0n) is 15.7. The lowest BCUT2D eigenvalue weighted by Crippen LogP contribution is -2.25. The number of phenolic OH excluding ortho intramolecular Hbond substituents is 1. The summed E-state index contributed by atoms with van der Waals surface area (Å²) in [7, 11) is 0. The number of nitrogens with zero attached hydrogens (tertiary/aromatic N) is 2. The lowest BCUT2D eigenvalue weighted by Gasteiger charge is -2.34. The van der Waals surface area contributed by atoms with E-state index >= 15 is 0 Å². The largest absolute Gasteiger partial charge is 0.506 e. The maximum absolute atomic E-state index is 10.2. The number of anilines is 2. The third-order valence-corrected chi connectivity index (χ3v) is 4.05. The van der Waals surface area contributed by atoms with E-state index in [0.29, 0.717) is 22.7 Å². The molecule has 5 nitrogen and oxygen atoms in total. The second kappa shape index (κ2) is 6.75. The summed E-state index contributed by atoms with van der Waals surface area (Å²) in [5.41, 5.74) is 15.0. The summed E-state index contributed by atoms with van der Waals surface area (Å²) in [5, 5.41) is 18.5. The monoisotopic (exact) mass is 340 g/mol. The Morgan fingerprint density at radius 2 is 1.48 bits per heavy atom. The quantitative estimate of drug-likeness (QED) is 0.493. The number of rotatable bonds is 4. The number of phenols is 1. The van der Waals surface area contributed by atoms with Gasteiger partial charge in [-0.2, -0.15) is 0 Å². The summed E-state index contributed by atoms with van der Waals surface area (Å²) in [4.78, 5) is 0. The second-order valence-corrected chi connectivity index (χ2v) is 8.31. The van der Waals surface area contributed by atoms with Crippen LogP contribution in [-0.2, 0) is 5.41 Å². The average Bonchev–Trinajstić information content (AvgIpc) is 2.45. The van der Waals surface area contributed by atoms with E-state index in [1.165, 1.54) is 0 Å². The van der Waals surface area contributed by atoms with Crippen molar-refractivity contribution in [2.45, 2.75) is 46.5 Å². The standard InChI is InChI=1S/C20H28N4O/c1-19(2,3)12-20(4,5)13-10-17(18(25)11-15(13)22)24-23-16-9-7-6-8-14(16)21/h6-11,25H,12,21-22H2,1-5H3. The van der Waals surface area contributed by atoms with Gasteiger partial charge in [-0.25, -0.2) is 0 Å². The molecule has 134 valence electrons. The molecule has 0 unspecified atom stereocenters. The van der Waals surface area contributed by atoms with Gasteiger partial charge in [0, 0.05) is 11.8 Å². The van der Waals surface area contributed by atoms with E-state index in [9.17, 15) is 5.11 Å². The van der Waals surface area contributed by atoms with Gasteiger partial charge in [0.2, 0.25) is 0 Å². The molecule has 0 aliphatic heterocycles. The Morgan fingerprint density at radius 3 is 2.08 bits per heavy atom. The van der Waals surface area contributed by atoms with Crippen LogP contribution in [0.2, 0.25) is 0 Å². The maximum Gasteiger partial charge on any atom is 0.145 e. The summed E-state index contributed by atoms with van der Waals surface area (Å²) in [5.74, 6) is 0.00561. The molecule has 0 aromatic heterocycles. The van der Waals surface area contributed by atoms with Crippen molar-refractivity contribution in [3.8, 4) is 5.75 Å². The van der Waals surface area contributed by atoms with Crippen LogP contribution in [0.3, 0.4) is 0 Å². The Kier molecular flexibility index (Phi) is 5.07. The highest BCUT2D eigenvalue weighted by atomic mass is 16.3. The van der Waals surface area contributed by atoms with E-state index in [1.807, 2.05) is 18.2 Å². The fourth-order valence-electron chi connectivity index (χ4n) is 3.37. The number of azo groups is 1.